The van der Waals surface area contributed by atoms with Crippen molar-refractivity contribution in [2.75, 3.05) is 7.11 Å². The third-order valence-corrected chi connectivity index (χ3v) is 4.35. The van der Waals surface area contributed by atoms with Gasteiger partial charge in [0.05, 0.1) is 19.1 Å². The van der Waals surface area contributed by atoms with E-state index in [1.807, 2.05) is 0 Å². The smallest absolute Gasteiger partial charge is 0.306 e. The monoisotopic (exact) mass is 352 g/mol. The van der Waals surface area contributed by atoms with Gasteiger partial charge in [0.25, 0.3) is 0 Å². The second-order valence-corrected chi connectivity index (χ2v) is 5.89. The average Bonchev–Trinajstić information content (AvgIpc) is 2.65. The number of allylic oxidation sites excluding steroid dienone is 1. The predicted molar refractivity (Wildman–Crippen MR) is 92.8 cm³/mol. The van der Waals surface area contributed by atoms with Gasteiger partial charge in [-0.2, -0.15) is 0 Å². The molecule has 2 N–H and O–H groups in total. The van der Waals surface area contributed by atoms with Crippen LogP contribution in [0.1, 0.15) is 33.8 Å². The van der Waals surface area contributed by atoms with Crippen molar-refractivity contribution < 1.29 is 29.3 Å². The zero-order valence-electron chi connectivity index (χ0n) is 13.9. The normalized spacial score (nSPS) is 14.8. The van der Waals surface area contributed by atoms with Gasteiger partial charge in [-0.05, 0) is 17.7 Å². The van der Waals surface area contributed by atoms with E-state index in [4.69, 9.17) is 0 Å². The number of ether oxygens (including phenoxy) is 1. The van der Waals surface area contributed by atoms with E-state index in [-0.39, 0.29) is 34.6 Å². The van der Waals surface area contributed by atoms with Gasteiger partial charge in [0, 0.05) is 17.0 Å². The fraction of sp³-hybridized carbons (Fsp3) is 0.150. The summed E-state index contributed by atoms with van der Waals surface area (Å²) in [6, 6.07) is 12.2. The first-order valence-electron chi connectivity index (χ1n) is 7.91. The van der Waals surface area contributed by atoms with Gasteiger partial charge in [-0.25, -0.2) is 0 Å². The number of aliphatic hydroxyl groups excluding tert-OH is 1. The van der Waals surface area contributed by atoms with E-state index < -0.39 is 23.5 Å². The summed E-state index contributed by atoms with van der Waals surface area (Å²) < 4.78 is 4.69. The molecule has 1 atom stereocenters. The number of hydrogen-bond acceptors (Lipinski definition) is 6. The Morgan fingerprint density at radius 1 is 1.00 bits per heavy atom. The molecule has 6 nitrogen and oxygen atoms in total. The predicted octanol–water partition coefficient (Wildman–Crippen LogP) is 2.77. The van der Waals surface area contributed by atoms with Crippen molar-refractivity contribution in [1.29, 1.82) is 0 Å². The molecule has 0 unspecified atom stereocenters. The van der Waals surface area contributed by atoms with Crippen LogP contribution < -0.4 is 0 Å². The van der Waals surface area contributed by atoms with Crippen LogP contribution in [0, 0.1) is 0 Å². The Labute approximate surface area is 149 Å². The van der Waals surface area contributed by atoms with E-state index in [0.717, 1.165) is 0 Å². The highest BCUT2D eigenvalue weighted by Gasteiger charge is 2.38. The summed E-state index contributed by atoms with van der Waals surface area (Å²) in [5.41, 5.74) is 0.593. The molecule has 26 heavy (non-hydrogen) atoms. The summed E-state index contributed by atoms with van der Waals surface area (Å²) in [4.78, 5) is 37.0. The van der Waals surface area contributed by atoms with E-state index in [2.05, 4.69) is 4.74 Å². The molecular formula is C20H16O6. The number of fused-ring (bicyclic) bond motifs is 1. The molecule has 0 amide bonds. The zero-order valence-corrected chi connectivity index (χ0v) is 13.9. The molecule has 132 valence electrons. The number of esters is 1. The van der Waals surface area contributed by atoms with Gasteiger partial charge in [0.15, 0.2) is 0 Å². The van der Waals surface area contributed by atoms with E-state index in [1.54, 1.807) is 24.3 Å². The van der Waals surface area contributed by atoms with Crippen molar-refractivity contribution >= 4 is 23.3 Å². The number of phenols is 1. The first-order valence-corrected chi connectivity index (χ1v) is 7.91. The largest absolute Gasteiger partial charge is 0.508 e. The molecule has 2 aromatic carbocycles. The van der Waals surface area contributed by atoms with E-state index in [0.29, 0.717) is 5.56 Å². The molecular weight excluding hydrogens is 336 g/mol. The highest BCUT2D eigenvalue weighted by atomic mass is 16.5. The van der Waals surface area contributed by atoms with Crippen LogP contribution in [-0.4, -0.2) is 34.9 Å². The topological polar surface area (TPSA) is 101 Å². The Hall–Kier alpha value is -3.41. The summed E-state index contributed by atoms with van der Waals surface area (Å²) in [7, 11) is 1.21. The maximum absolute atomic E-state index is 12.7. The van der Waals surface area contributed by atoms with Gasteiger partial charge in [-0.3, -0.25) is 14.4 Å². The standard InChI is InChI=1S/C20H16O6/c1-26-16(22)10-15(11-5-4-6-12(21)9-11)17-18(23)13-7-2-3-8-14(13)19(24)20(17)25/h2-9,15,21,23H,10H2,1H3/t15-/m0/s1. The number of aromatic hydroxyl groups is 1. The number of hydrogen-bond donors (Lipinski definition) is 2. The van der Waals surface area contributed by atoms with Crippen LogP contribution in [0.25, 0.3) is 5.76 Å². The highest BCUT2D eigenvalue weighted by Crippen LogP contribution is 2.38. The number of carbonyl (C=O) groups is 3. The Morgan fingerprint density at radius 2 is 1.69 bits per heavy atom. The molecule has 1 aliphatic carbocycles. The molecule has 0 spiro atoms. The molecule has 0 aromatic heterocycles. The molecule has 1 aliphatic rings. The maximum Gasteiger partial charge on any atom is 0.306 e. The Bertz CT molecular complexity index is 941. The Balaban J connectivity index is 2.21. The van der Waals surface area contributed by atoms with Gasteiger partial charge in [-0.15, -0.1) is 0 Å². The number of Topliss-reactive ketones (excluding diaryl/α,β-unsaturated/α-hetero) is 2. The maximum atomic E-state index is 12.7. The van der Waals surface area contributed by atoms with Crippen LogP contribution in [-0.2, 0) is 14.3 Å². The number of aliphatic hydroxyl groups is 1. The molecule has 0 aliphatic heterocycles. The number of ketones is 2. The lowest BCUT2D eigenvalue weighted by Crippen LogP contribution is -2.28. The Morgan fingerprint density at radius 3 is 2.35 bits per heavy atom. The van der Waals surface area contributed by atoms with Gasteiger partial charge >= 0.3 is 5.97 Å². The zero-order chi connectivity index (χ0) is 18.8. The number of benzene rings is 2. The van der Waals surface area contributed by atoms with Crippen LogP contribution in [0.5, 0.6) is 5.75 Å². The lowest BCUT2D eigenvalue weighted by Gasteiger charge is -2.24. The molecule has 0 saturated carbocycles. The summed E-state index contributed by atoms with van der Waals surface area (Å²) in [6.07, 6.45) is -0.263. The van der Waals surface area contributed by atoms with Crippen molar-refractivity contribution in [2.24, 2.45) is 0 Å². The molecule has 0 radical (unpaired) electrons. The van der Waals surface area contributed by atoms with Crippen molar-refractivity contribution in [3.63, 3.8) is 0 Å². The van der Waals surface area contributed by atoms with Gasteiger partial charge in [0.2, 0.25) is 11.6 Å². The molecule has 3 rings (SSSR count). The second-order valence-electron chi connectivity index (χ2n) is 5.89. The quantitative estimate of drug-likeness (QED) is 0.648. The summed E-state index contributed by atoms with van der Waals surface area (Å²) in [5, 5.41) is 20.4. The third-order valence-electron chi connectivity index (χ3n) is 4.35. The first kappa shape index (κ1) is 17.4. The highest BCUT2D eigenvalue weighted by molar-refractivity contribution is 6.52. The average molecular weight is 352 g/mol. The fourth-order valence-electron chi connectivity index (χ4n) is 3.09. The minimum Gasteiger partial charge on any atom is -0.508 e. The molecule has 2 aromatic rings. The lowest BCUT2D eigenvalue weighted by molar-refractivity contribution is -0.140. The summed E-state index contributed by atoms with van der Waals surface area (Å²) in [5.74, 6) is -3.58. The summed E-state index contributed by atoms with van der Waals surface area (Å²) in [6.45, 7) is 0. The fourth-order valence-corrected chi connectivity index (χ4v) is 3.09. The van der Waals surface area contributed by atoms with Gasteiger partial charge in [0.1, 0.15) is 11.5 Å². The first-order chi connectivity index (χ1) is 12.4. The number of carbonyl (C=O) groups excluding carboxylic acids is 3. The second kappa shape index (κ2) is 6.84. The van der Waals surface area contributed by atoms with E-state index in [9.17, 15) is 24.6 Å². The van der Waals surface area contributed by atoms with Crippen molar-refractivity contribution in [3.05, 3.63) is 70.8 Å². The van der Waals surface area contributed by atoms with Crippen molar-refractivity contribution in [3.8, 4) is 5.75 Å². The van der Waals surface area contributed by atoms with Gasteiger partial charge < -0.3 is 14.9 Å². The third kappa shape index (κ3) is 2.97. The Kier molecular flexibility index (Phi) is 4.58. The molecule has 0 saturated heterocycles. The van der Waals surface area contributed by atoms with Crippen LogP contribution in [0.3, 0.4) is 0 Å². The minimum absolute atomic E-state index is 0.0626. The summed E-state index contributed by atoms with van der Waals surface area (Å²) >= 11 is 0. The van der Waals surface area contributed by atoms with Crippen LogP contribution >= 0.6 is 0 Å². The number of rotatable bonds is 4. The molecule has 0 fully saturated rings. The van der Waals surface area contributed by atoms with Crippen LogP contribution in [0.2, 0.25) is 0 Å². The van der Waals surface area contributed by atoms with Crippen LogP contribution in [0.4, 0.5) is 0 Å². The minimum atomic E-state index is -0.931. The molecule has 0 heterocycles. The van der Waals surface area contributed by atoms with Gasteiger partial charge in [-0.1, -0.05) is 36.4 Å². The number of phenolic OH excluding ortho intramolecular Hbond substituents is 1. The lowest BCUT2D eigenvalue weighted by atomic mass is 9.78. The van der Waals surface area contributed by atoms with E-state index >= 15 is 0 Å². The number of methoxy groups -OCH3 is 1. The van der Waals surface area contributed by atoms with Crippen LogP contribution in [0.15, 0.2) is 54.1 Å². The van der Waals surface area contributed by atoms with Crippen molar-refractivity contribution in [2.45, 2.75) is 12.3 Å². The molecule has 0 bridgehead atoms. The molecule has 6 heteroatoms. The van der Waals surface area contributed by atoms with E-state index in [1.165, 1.54) is 31.4 Å². The van der Waals surface area contributed by atoms with Crippen molar-refractivity contribution in [1.82, 2.24) is 0 Å². The SMILES string of the molecule is COC(=O)C[C@H](C1=C(O)c2ccccc2C(=O)C1=O)c1cccc(O)c1.